The standard InChI is InChI=1S/C14H17ClN2O3/c1-8-2-4-10(6-8)16-14(20)17-12-7-9(13(18)19)3-5-11(12)15/h3,5,7-8,10H,2,4,6H2,1H3,(H,18,19)(H2,16,17,20). The van der Waals surface area contributed by atoms with Gasteiger partial charge in [-0.1, -0.05) is 18.5 Å². The lowest BCUT2D eigenvalue weighted by atomic mass is 10.1. The lowest BCUT2D eigenvalue weighted by Gasteiger charge is -2.14. The Balaban J connectivity index is 2.00. The van der Waals surface area contributed by atoms with Crippen LogP contribution in [0, 0.1) is 5.92 Å². The van der Waals surface area contributed by atoms with Gasteiger partial charge in [0.2, 0.25) is 0 Å². The van der Waals surface area contributed by atoms with Gasteiger partial charge in [0.1, 0.15) is 0 Å². The molecule has 6 heteroatoms. The van der Waals surface area contributed by atoms with Crippen LogP contribution in [0.2, 0.25) is 5.02 Å². The molecule has 1 aliphatic rings. The molecule has 0 bridgehead atoms. The minimum Gasteiger partial charge on any atom is -0.478 e. The fraction of sp³-hybridized carbons (Fsp3) is 0.429. The van der Waals surface area contributed by atoms with Crippen molar-refractivity contribution in [3.63, 3.8) is 0 Å². The van der Waals surface area contributed by atoms with Crippen molar-refractivity contribution in [2.45, 2.75) is 32.2 Å². The average Bonchev–Trinajstić information content (AvgIpc) is 2.77. The summed E-state index contributed by atoms with van der Waals surface area (Å²) in [5, 5.41) is 14.7. The number of amides is 2. The van der Waals surface area contributed by atoms with E-state index in [1.165, 1.54) is 18.2 Å². The van der Waals surface area contributed by atoms with Gasteiger partial charge in [-0.15, -0.1) is 0 Å². The number of anilines is 1. The summed E-state index contributed by atoms with van der Waals surface area (Å²) in [6.07, 6.45) is 3.05. The van der Waals surface area contributed by atoms with E-state index in [0.717, 1.165) is 19.3 Å². The number of hydrogen-bond donors (Lipinski definition) is 3. The van der Waals surface area contributed by atoms with Crippen LogP contribution in [-0.2, 0) is 0 Å². The fourth-order valence-corrected chi connectivity index (χ4v) is 2.60. The third-order valence-corrected chi connectivity index (χ3v) is 3.82. The van der Waals surface area contributed by atoms with Crippen LogP contribution in [0.3, 0.4) is 0 Å². The normalized spacial score (nSPS) is 21.5. The number of rotatable bonds is 3. The minimum absolute atomic E-state index is 0.0826. The third kappa shape index (κ3) is 3.63. The van der Waals surface area contributed by atoms with Crippen molar-refractivity contribution in [2.75, 3.05) is 5.32 Å². The molecule has 0 radical (unpaired) electrons. The van der Waals surface area contributed by atoms with Crippen LogP contribution in [0.5, 0.6) is 0 Å². The largest absolute Gasteiger partial charge is 0.478 e. The summed E-state index contributed by atoms with van der Waals surface area (Å²) in [7, 11) is 0. The summed E-state index contributed by atoms with van der Waals surface area (Å²) >= 11 is 5.95. The summed E-state index contributed by atoms with van der Waals surface area (Å²) in [4.78, 5) is 22.8. The number of carbonyl (C=O) groups is 2. The van der Waals surface area contributed by atoms with Gasteiger partial charge < -0.3 is 15.7 Å². The lowest BCUT2D eigenvalue weighted by molar-refractivity contribution is 0.0697. The van der Waals surface area contributed by atoms with E-state index in [1.54, 1.807) is 0 Å². The number of benzene rings is 1. The van der Waals surface area contributed by atoms with Gasteiger partial charge in [-0.05, 0) is 43.4 Å². The molecular formula is C14H17ClN2O3. The lowest BCUT2D eigenvalue weighted by Crippen LogP contribution is -2.36. The van der Waals surface area contributed by atoms with Crippen molar-refractivity contribution in [3.05, 3.63) is 28.8 Å². The Morgan fingerprint density at radius 2 is 2.10 bits per heavy atom. The first-order chi connectivity index (χ1) is 9.45. The molecule has 1 saturated carbocycles. The van der Waals surface area contributed by atoms with Crippen molar-refractivity contribution in [3.8, 4) is 0 Å². The predicted molar refractivity (Wildman–Crippen MR) is 77.4 cm³/mol. The zero-order valence-corrected chi connectivity index (χ0v) is 11.9. The summed E-state index contributed by atoms with van der Waals surface area (Å²) in [5.41, 5.74) is 0.384. The van der Waals surface area contributed by atoms with Crippen LogP contribution < -0.4 is 10.6 Å². The molecule has 5 nitrogen and oxygen atoms in total. The van der Waals surface area contributed by atoms with Crippen molar-refractivity contribution < 1.29 is 14.7 Å². The van der Waals surface area contributed by atoms with E-state index in [-0.39, 0.29) is 17.6 Å². The summed E-state index contributed by atoms with van der Waals surface area (Å²) in [5.74, 6) is -0.436. The van der Waals surface area contributed by atoms with Gasteiger partial charge in [0, 0.05) is 6.04 Å². The quantitative estimate of drug-likeness (QED) is 0.800. The molecule has 2 amide bonds. The zero-order valence-electron chi connectivity index (χ0n) is 11.1. The molecular weight excluding hydrogens is 280 g/mol. The molecule has 1 aromatic carbocycles. The van der Waals surface area contributed by atoms with Gasteiger partial charge in [0.05, 0.1) is 16.3 Å². The highest BCUT2D eigenvalue weighted by atomic mass is 35.5. The topological polar surface area (TPSA) is 78.4 Å². The van der Waals surface area contributed by atoms with E-state index in [4.69, 9.17) is 16.7 Å². The van der Waals surface area contributed by atoms with Crippen molar-refractivity contribution in [1.29, 1.82) is 0 Å². The number of carbonyl (C=O) groups excluding carboxylic acids is 1. The van der Waals surface area contributed by atoms with Crippen LogP contribution in [0.15, 0.2) is 18.2 Å². The van der Waals surface area contributed by atoms with Crippen molar-refractivity contribution in [1.82, 2.24) is 5.32 Å². The molecule has 2 rings (SSSR count). The molecule has 2 atom stereocenters. The first kappa shape index (κ1) is 14.7. The van der Waals surface area contributed by atoms with Gasteiger partial charge in [0.15, 0.2) is 0 Å². The Bertz CT molecular complexity index is 533. The molecule has 1 fully saturated rings. The Kier molecular flexibility index (Phi) is 4.49. The monoisotopic (exact) mass is 296 g/mol. The Labute approximate surface area is 122 Å². The maximum Gasteiger partial charge on any atom is 0.335 e. The number of carboxylic acids is 1. The zero-order chi connectivity index (χ0) is 14.7. The van der Waals surface area contributed by atoms with Gasteiger partial charge >= 0.3 is 12.0 Å². The maximum absolute atomic E-state index is 11.9. The minimum atomic E-state index is -1.06. The number of carboxylic acid groups (broad SMARTS) is 1. The molecule has 0 spiro atoms. The summed E-state index contributed by atoms with van der Waals surface area (Å²) in [6.45, 7) is 2.16. The highest BCUT2D eigenvalue weighted by Crippen LogP contribution is 2.26. The third-order valence-electron chi connectivity index (χ3n) is 3.49. The van der Waals surface area contributed by atoms with E-state index in [9.17, 15) is 9.59 Å². The molecule has 1 aliphatic carbocycles. The van der Waals surface area contributed by atoms with Gasteiger partial charge in [0.25, 0.3) is 0 Å². The molecule has 20 heavy (non-hydrogen) atoms. The Morgan fingerprint density at radius 3 is 2.70 bits per heavy atom. The second-order valence-electron chi connectivity index (χ2n) is 5.21. The molecule has 108 valence electrons. The first-order valence-corrected chi connectivity index (χ1v) is 6.94. The molecule has 3 N–H and O–H groups in total. The predicted octanol–water partition coefficient (Wildman–Crippen LogP) is 3.35. The molecule has 2 unspecified atom stereocenters. The van der Waals surface area contributed by atoms with Crippen molar-refractivity contribution in [2.24, 2.45) is 5.92 Å². The van der Waals surface area contributed by atoms with Crippen LogP contribution in [0.4, 0.5) is 10.5 Å². The van der Waals surface area contributed by atoms with E-state index in [1.807, 2.05) is 0 Å². The van der Waals surface area contributed by atoms with Crippen molar-refractivity contribution >= 4 is 29.3 Å². The van der Waals surface area contributed by atoms with E-state index in [0.29, 0.717) is 16.6 Å². The van der Waals surface area contributed by atoms with Gasteiger partial charge in [-0.2, -0.15) is 0 Å². The number of nitrogens with one attached hydrogen (secondary N) is 2. The van der Waals surface area contributed by atoms with E-state index in [2.05, 4.69) is 17.6 Å². The summed E-state index contributed by atoms with van der Waals surface area (Å²) < 4.78 is 0. The molecule has 0 heterocycles. The van der Waals surface area contributed by atoms with Crippen LogP contribution in [0.25, 0.3) is 0 Å². The van der Waals surface area contributed by atoms with Gasteiger partial charge in [-0.3, -0.25) is 0 Å². The number of urea groups is 1. The molecule has 0 saturated heterocycles. The number of aromatic carboxylic acids is 1. The van der Waals surface area contributed by atoms with E-state index >= 15 is 0 Å². The Hall–Kier alpha value is -1.75. The first-order valence-electron chi connectivity index (χ1n) is 6.56. The van der Waals surface area contributed by atoms with Gasteiger partial charge in [-0.25, -0.2) is 9.59 Å². The SMILES string of the molecule is CC1CCC(NC(=O)Nc2cc(C(=O)O)ccc2Cl)C1. The highest BCUT2D eigenvalue weighted by molar-refractivity contribution is 6.33. The van der Waals surface area contributed by atoms with Crippen LogP contribution >= 0.6 is 11.6 Å². The summed E-state index contributed by atoms with van der Waals surface area (Å²) in [6, 6.07) is 4.02. The number of halogens is 1. The average molecular weight is 297 g/mol. The van der Waals surface area contributed by atoms with E-state index < -0.39 is 5.97 Å². The molecule has 1 aromatic rings. The maximum atomic E-state index is 11.9. The second kappa shape index (κ2) is 6.13. The van der Waals surface area contributed by atoms with Crippen LogP contribution in [0.1, 0.15) is 36.5 Å². The smallest absolute Gasteiger partial charge is 0.335 e. The molecule has 0 aliphatic heterocycles. The highest BCUT2D eigenvalue weighted by Gasteiger charge is 2.22. The Morgan fingerprint density at radius 1 is 1.35 bits per heavy atom. The number of hydrogen-bond acceptors (Lipinski definition) is 2. The molecule has 0 aromatic heterocycles. The van der Waals surface area contributed by atoms with Crippen LogP contribution in [-0.4, -0.2) is 23.1 Å². The fourth-order valence-electron chi connectivity index (χ4n) is 2.44. The second-order valence-corrected chi connectivity index (χ2v) is 5.62.